The van der Waals surface area contributed by atoms with Crippen LogP contribution in [0.5, 0.6) is 0 Å². The van der Waals surface area contributed by atoms with E-state index in [-0.39, 0.29) is 0 Å². The molecule has 6 rings (SSSR count). The highest BCUT2D eigenvalue weighted by Gasteiger charge is 2.20. The third kappa shape index (κ3) is 2.76. The van der Waals surface area contributed by atoms with Crippen LogP contribution in [0.3, 0.4) is 0 Å². The van der Waals surface area contributed by atoms with Gasteiger partial charge in [0.1, 0.15) is 11.4 Å². The summed E-state index contributed by atoms with van der Waals surface area (Å²) in [6.07, 6.45) is 0. The van der Waals surface area contributed by atoms with Crippen molar-refractivity contribution in [2.24, 2.45) is 0 Å². The summed E-state index contributed by atoms with van der Waals surface area (Å²) in [5.41, 5.74) is 6.58. The van der Waals surface area contributed by atoms with E-state index in [0.29, 0.717) is 11.6 Å². The summed E-state index contributed by atoms with van der Waals surface area (Å²) in [5, 5.41) is 2.09. The van der Waals surface area contributed by atoms with E-state index in [9.17, 15) is 0 Å². The van der Waals surface area contributed by atoms with Gasteiger partial charge in [0.15, 0.2) is 0 Å². The van der Waals surface area contributed by atoms with Crippen molar-refractivity contribution in [3.8, 4) is 17.1 Å². The minimum atomic E-state index is 0.347. The minimum Gasteiger partial charge on any atom is -0.437 e. The van der Waals surface area contributed by atoms with Crippen LogP contribution in [-0.2, 0) is 0 Å². The van der Waals surface area contributed by atoms with Crippen LogP contribution in [0.15, 0.2) is 89.3 Å². The molecular formula is C27H21N3O. The zero-order chi connectivity index (χ0) is 20.9. The number of aromatic nitrogens is 3. The van der Waals surface area contributed by atoms with Crippen molar-refractivity contribution in [2.75, 3.05) is 0 Å². The van der Waals surface area contributed by atoms with Gasteiger partial charge in [-0.2, -0.15) is 0 Å². The molecule has 0 aliphatic carbocycles. The largest absolute Gasteiger partial charge is 0.437 e. The topological polar surface area (TPSA) is 43.9 Å². The summed E-state index contributed by atoms with van der Waals surface area (Å²) < 4.78 is 8.55. The van der Waals surface area contributed by atoms with Gasteiger partial charge in [0.05, 0.1) is 16.6 Å². The number of hydrogen-bond donors (Lipinski definition) is 0. The number of para-hydroxylation sites is 4. The highest BCUT2D eigenvalue weighted by molar-refractivity contribution is 6.08. The van der Waals surface area contributed by atoms with Gasteiger partial charge in [-0.05, 0) is 48.4 Å². The third-order valence-corrected chi connectivity index (χ3v) is 5.79. The van der Waals surface area contributed by atoms with E-state index in [0.717, 1.165) is 50.2 Å². The van der Waals surface area contributed by atoms with Gasteiger partial charge in [0, 0.05) is 22.2 Å². The first kappa shape index (κ1) is 17.9. The Kier molecular flexibility index (Phi) is 3.93. The predicted octanol–water partition coefficient (Wildman–Crippen LogP) is 7.11. The monoisotopic (exact) mass is 403 g/mol. The Hall–Kier alpha value is -3.92. The van der Waals surface area contributed by atoms with Crippen molar-refractivity contribution in [1.82, 2.24) is 14.5 Å². The Bertz CT molecular complexity index is 1560. The average Bonchev–Trinajstić information content (AvgIpc) is 3.37. The Balaban J connectivity index is 1.68. The fourth-order valence-electron chi connectivity index (χ4n) is 4.24. The Labute approximate surface area is 179 Å². The van der Waals surface area contributed by atoms with Gasteiger partial charge in [0.2, 0.25) is 5.71 Å². The van der Waals surface area contributed by atoms with Crippen molar-refractivity contribution in [2.45, 2.75) is 19.8 Å². The second-order valence-electron chi connectivity index (χ2n) is 8.12. The molecule has 0 N–H and O–H groups in total. The normalized spacial score (nSPS) is 11.8. The smallest absolute Gasteiger partial charge is 0.227 e. The second kappa shape index (κ2) is 6.81. The number of pyridine rings is 1. The van der Waals surface area contributed by atoms with Gasteiger partial charge in [0.25, 0.3) is 0 Å². The summed E-state index contributed by atoms with van der Waals surface area (Å²) in [7, 11) is 0. The van der Waals surface area contributed by atoms with Gasteiger partial charge in [-0.1, -0.05) is 56.3 Å². The van der Waals surface area contributed by atoms with Crippen LogP contribution in [0.2, 0.25) is 0 Å². The lowest BCUT2D eigenvalue weighted by Crippen LogP contribution is -1.97. The van der Waals surface area contributed by atoms with E-state index in [2.05, 4.69) is 66.9 Å². The zero-order valence-electron chi connectivity index (χ0n) is 17.4. The Morgan fingerprint density at radius 1 is 0.742 bits per heavy atom. The molecule has 6 aromatic rings. The number of benzene rings is 3. The van der Waals surface area contributed by atoms with Gasteiger partial charge in [-0.3, -0.25) is 4.57 Å². The van der Waals surface area contributed by atoms with E-state index in [4.69, 9.17) is 14.4 Å². The predicted molar refractivity (Wildman–Crippen MR) is 126 cm³/mol. The Morgan fingerprint density at radius 3 is 2.39 bits per heavy atom. The van der Waals surface area contributed by atoms with Crippen molar-refractivity contribution < 1.29 is 4.42 Å². The first-order chi connectivity index (χ1) is 15.2. The molecule has 4 nitrogen and oxygen atoms in total. The number of rotatable bonds is 3. The number of nitrogens with zero attached hydrogens (tertiary/aromatic N) is 3. The molecule has 4 heteroatoms. The standard InChI is InChI=1S/C27H21N3O/c1-17(2)22-16-15-20-19-11-8-12-21(25(19)31-27(20)29-22)26-28-23-13-6-7-14-24(23)30(26)18-9-4-3-5-10-18/h3-17H,1-2H3. The molecule has 3 aromatic heterocycles. The van der Waals surface area contributed by atoms with E-state index in [1.807, 2.05) is 36.4 Å². The molecule has 3 aromatic carbocycles. The fraction of sp³-hybridized carbons (Fsp3) is 0.111. The molecule has 0 bridgehead atoms. The van der Waals surface area contributed by atoms with E-state index in [1.165, 1.54) is 0 Å². The van der Waals surface area contributed by atoms with Crippen molar-refractivity contribution in [3.63, 3.8) is 0 Å². The molecule has 0 aliphatic heterocycles. The molecule has 0 atom stereocenters. The van der Waals surface area contributed by atoms with Crippen LogP contribution < -0.4 is 0 Å². The van der Waals surface area contributed by atoms with Crippen molar-refractivity contribution in [3.05, 3.63) is 90.6 Å². The second-order valence-corrected chi connectivity index (χ2v) is 8.12. The van der Waals surface area contributed by atoms with Gasteiger partial charge in [-0.25, -0.2) is 9.97 Å². The highest BCUT2D eigenvalue weighted by atomic mass is 16.3. The number of imidazole rings is 1. The summed E-state index contributed by atoms with van der Waals surface area (Å²) in [6.45, 7) is 4.29. The molecule has 3 heterocycles. The van der Waals surface area contributed by atoms with Crippen LogP contribution >= 0.6 is 0 Å². The van der Waals surface area contributed by atoms with Crippen LogP contribution in [0.25, 0.3) is 50.2 Å². The lowest BCUT2D eigenvalue weighted by Gasteiger charge is -2.09. The first-order valence-corrected chi connectivity index (χ1v) is 10.6. The summed E-state index contributed by atoms with van der Waals surface area (Å²) in [5.74, 6) is 1.21. The van der Waals surface area contributed by atoms with E-state index < -0.39 is 0 Å². The highest BCUT2D eigenvalue weighted by Crippen LogP contribution is 2.37. The molecule has 150 valence electrons. The maximum atomic E-state index is 6.35. The number of fused-ring (bicyclic) bond motifs is 4. The van der Waals surface area contributed by atoms with Crippen LogP contribution in [0.1, 0.15) is 25.5 Å². The molecule has 0 saturated heterocycles. The summed E-state index contributed by atoms with van der Waals surface area (Å²) in [6, 6.07) is 29.0. The number of hydrogen-bond acceptors (Lipinski definition) is 3. The van der Waals surface area contributed by atoms with Gasteiger partial charge >= 0.3 is 0 Å². The molecule has 0 unspecified atom stereocenters. The maximum absolute atomic E-state index is 6.35. The molecule has 0 radical (unpaired) electrons. The minimum absolute atomic E-state index is 0.347. The SMILES string of the molecule is CC(C)c1ccc2c(n1)oc1c(-c3nc4ccccc4n3-c3ccccc3)cccc12. The lowest BCUT2D eigenvalue weighted by atomic mass is 10.1. The lowest BCUT2D eigenvalue weighted by molar-refractivity contribution is 0.648. The summed E-state index contributed by atoms with van der Waals surface area (Å²) >= 11 is 0. The average molecular weight is 403 g/mol. The maximum Gasteiger partial charge on any atom is 0.227 e. The molecule has 31 heavy (non-hydrogen) atoms. The molecule has 0 aliphatic rings. The molecule has 0 spiro atoms. The zero-order valence-corrected chi connectivity index (χ0v) is 17.4. The summed E-state index contributed by atoms with van der Waals surface area (Å²) in [4.78, 5) is 9.78. The first-order valence-electron chi connectivity index (χ1n) is 10.6. The quantitative estimate of drug-likeness (QED) is 0.316. The molecule has 0 saturated carbocycles. The fourth-order valence-corrected chi connectivity index (χ4v) is 4.24. The van der Waals surface area contributed by atoms with Gasteiger partial charge < -0.3 is 4.42 Å². The molecular weight excluding hydrogens is 382 g/mol. The van der Waals surface area contributed by atoms with Crippen LogP contribution in [0, 0.1) is 0 Å². The number of furan rings is 1. The van der Waals surface area contributed by atoms with Crippen LogP contribution in [-0.4, -0.2) is 14.5 Å². The van der Waals surface area contributed by atoms with E-state index >= 15 is 0 Å². The van der Waals surface area contributed by atoms with Gasteiger partial charge in [-0.15, -0.1) is 0 Å². The van der Waals surface area contributed by atoms with Crippen molar-refractivity contribution >= 4 is 33.1 Å². The third-order valence-electron chi connectivity index (χ3n) is 5.79. The van der Waals surface area contributed by atoms with E-state index in [1.54, 1.807) is 0 Å². The molecule has 0 fully saturated rings. The van der Waals surface area contributed by atoms with Crippen LogP contribution in [0.4, 0.5) is 0 Å². The molecule has 0 amide bonds. The Morgan fingerprint density at radius 2 is 1.55 bits per heavy atom. The van der Waals surface area contributed by atoms with Crippen molar-refractivity contribution in [1.29, 1.82) is 0 Å².